The van der Waals surface area contributed by atoms with Crippen LogP contribution in [-0.4, -0.2) is 39.4 Å². The molecule has 0 aliphatic carbocycles. The van der Waals surface area contributed by atoms with Gasteiger partial charge < -0.3 is 14.8 Å². The van der Waals surface area contributed by atoms with Crippen molar-refractivity contribution in [2.75, 3.05) is 26.9 Å². The number of ether oxygens (including phenoxy) is 2. The molecule has 1 N–H and O–H groups in total. The maximum atomic E-state index is 9.57. The molecule has 1 amide bonds. The molecule has 0 saturated carbocycles. The predicted octanol–water partition coefficient (Wildman–Crippen LogP) is 3.59. The fourth-order valence-electron chi connectivity index (χ4n) is 1.19. The first-order chi connectivity index (χ1) is 10.7. The Morgan fingerprint density at radius 2 is 1.91 bits per heavy atom. The van der Waals surface area contributed by atoms with E-state index in [1.54, 1.807) is 7.11 Å². The minimum Gasteiger partial charge on any atom is -0.385 e. The molecule has 0 spiro atoms. The second-order valence-electron chi connectivity index (χ2n) is 4.48. The highest BCUT2D eigenvalue weighted by Crippen LogP contribution is 2.05. The summed E-state index contributed by atoms with van der Waals surface area (Å²) >= 11 is 0. The van der Waals surface area contributed by atoms with Gasteiger partial charge in [-0.3, -0.25) is 4.79 Å². The summed E-state index contributed by atoms with van der Waals surface area (Å²) in [5.41, 5.74) is 1.32. The van der Waals surface area contributed by atoms with E-state index < -0.39 is 0 Å². The molecule has 1 aromatic rings. The molecular formula is C18H33NO3. The van der Waals surface area contributed by atoms with E-state index in [9.17, 15) is 4.79 Å². The summed E-state index contributed by atoms with van der Waals surface area (Å²) < 4.78 is 9.57. The summed E-state index contributed by atoms with van der Waals surface area (Å²) in [6, 6.07) is 10.3. The standard InChI is InChI=1S/C7H8.C5H12O.C4H7NO2.C2H6/c1-7-5-3-2-4-6-7;1-3-4-5-6-2;6-3-5-1-4-2-7-4;1-2/h2-6H,1H3;3-5H2,1-2H3;3-4H,1-2H2,(H,5,6);1-2H3. The van der Waals surface area contributed by atoms with Crippen LogP contribution in [0.1, 0.15) is 39.2 Å². The number of epoxide rings is 1. The van der Waals surface area contributed by atoms with Gasteiger partial charge in [-0.1, -0.05) is 63.1 Å². The van der Waals surface area contributed by atoms with Crippen LogP contribution in [0.3, 0.4) is 0 Å². The minimum absolute atomic E-state index is 0.310. The van der Waals surface area contributed by atoms with E-state index in [0.717, 1.165) is 13.2 Å². The van der Waals surface area contributed by atoms with E-state index >= 15 is 0 Å². The second kappa shape index (κ2) is 19.6. The third-order valence-corrected chi connectivity index (χ3v) is 2.47. The second-order valence-corrected chi connectivity index (χ2v) is 4.48. The molecule has 1 aliphatic heterocycles. The molecule has 22 heavy (non-hydrogen) atoms. The molecule has 1 unspecified atom stereocenters. The van der Waals surface area contributed by atoms with Gasteiger partial charge in [-0.05, 0) is 13.3 Å². The Balaban J connectivity index is 0. The number of hydrogen-bond donors (Lipinski definition) is 1. The largest absolute Gasteiger partial charge is 0.385 e. The van der Waals surface area contributed by atoms with Gasteiger partial charge in [0.1, 0.15) is 0 Å². The first-order valence-corrected chi connectivity index (χ1v) is 8.03. The lowest BCUT2D eigenvalue weighted by Crippen LogP contribution is -2.16. The van der Waals surface area contributed by atoms with E-state index in [1.807, 2.05) is 32.0 Å². The van der Waals surface area contributed by atoms with Crippen molar-refractivity contribution in [2.45, 2.75) is 46.6 Å². The first kappa shape index (κ1) is 22.9. The van der Waals surface area contributed by atoms with Gasteiger partial charge in [0.25, 0.3) is 0 Å². The van der Waals surface area contributed by atoms with E-state index in [0.29, 0.717) is 19.1 Å². The summed E-state index contributed by atoms with van der Waals surface area (Å²) in [7, 11) is 1.73. The Hall–Kier alpha value is -1.39. The Morgan fingerprint density at radius 3 is 2.18 bits per heavy atom. The minimum atomic E-state index is 0.310. The smallest absolute Gasteiger partial charge is 0.207 e. The van der Waals surface area contributed by atoms with Crippen LogP contribution in [0.5, 0.6) is 0 Å². The van der Waals surface area contributed by atoms with Crippen LogP contribution < -0.4 is 5.32 Å². The topological polar surface area (TPSA) is 50.9 Å². The summed E-state index contributed by atoms with van der Waals surface area (Å²) in [4.78, 5) is 9.57. The van der Waals surface area contributed by atoms with Crippen LogP contribution in [0.25, 0.3) is 0 Å². The Labute approximate surface area is 136 Å². The van der Waals surface area contributed by atoms with Crippen LogP contribution in [-0.2, 0) is 14.3 Å². The number of carbonyl (C=O) groups is 1. The monoisotopic (exact) mass is 311 g/mol. The molecule has 1 aliphatic rings. The highest BCUT2D eigenvalue weighted by atomic mass is 16.6. The average Bonchev–Trinajstić information content (AvgIpc) is 3.39. The zero-order valence-electron chi connectivity index (χ0n) is 14.8. The van der Waals surface area contributed by atoms with Crippen LogP contribution in [0, 0.1) is 6.92 Å². The molecule has 2 rings (SSSR count). The Morgan fingerprint density at radius 1 is 1.32 bits per heavy atom. The van der Waals surface area contributed by atoms with Crippen molar-refractivity contribution in [1.29, 1.82) is 0 Å². The van der Waals surface area contributed by atoms with Crippen LogP contribution in [0.15, 0.2) is 30.3 Å². The van der Waals surface area contributed by atoms with Crippen LogP contribution in [0.4, 0.5) is 0 Å². The van der Waals surface area contributed by atoms with Gasteiger partial charge in [-0.15, -0.1) is 0 Å². The summed E-state index contributed by atoms with van der Waals surface area (Å²) in [5, 5.41) is 2.50. The van der Waals surface area contributed by atoms with Crippen LogP contribution >= 0.6 is 0 Å². The number of aryl methyl sites for hydroxylation is 1. The number of rotatable bonds is 6. The summed E-state index contributed by atoms with van der Waals surface area (Å²) in [6.45, 7) is 10.6. The molecule has 1 atom stereocenters. The van der Waals surface area contributed by atoms with Gasteiger partial charge in [0.05, 0.1) is 12.7 Å². The number of hydrogen-bond acceptors (Lipinski definition) is 3. The van der Waals surface area contributed by atoms with E-state index in [2.05, 4.69) is 31.3 Å². The number of methoxy groups -OCH3 is 1. The number of amides is 1. The third-order valence-electron chi connectivity index (χ3n) is 2.47. The lowest BCUT2D eigenvalue weighted by molar-refractivity contribution is -0.109. The van der Waals surface area contributed by atoms with Gasteiger partial charge in [-0.25, -0.2) is 0 Å². The Kier molecular flexibility index (Phi) is 20.4. The molecule has 4 nitrogen and oxygen atoms in total. The summed E-state index contributed by atoms with van der Waals surface area (Å²) in [6.07, 6.45) is 3.41. The van der Waals surface area contributed by atoms with Crippen molar-refractivity contribution >= 4 is 6.41 Å². The van der Waals surface area contributed by atoms with Crippen molar-refractivity contribution in [3.63, 3.8) is 0 Å². The van der Waals surface area contributed by atoms with Crippen molar-refractivity contribution in [2.24, 2.45) is 0 Å². The van der Waals surface area contributed by atoms with E-state index in [1.165, 1.54) is 18.4 Å². The lowest BCUT2D eigenvalue weighted by atomic mass is 10.2. The first-order valence-electron chi connectivity index (χ1n) is 8.03. The van der Waals surface area contributed by atoms with Crippen molar-refractivity contribution < 1.29 is 14.3 Å². The molecule has 4 heteroatoms. The zero-order chi connectivity index (χ0) is 17.1. The molecule has 1 heterocycles. The van der Waals surface area contributed by atoms with Gasteiger partial charge in [0.15, 0.2) is 0 Å². The van der Waals surface area contributed by atoms with Crippen molar-refractivity contribution in [3.05, 3.63) is 35.9 Å². The maximum Gasteiger partial charge on any atom is 0.207 e. The highest BCUT2D eigenvalue weighted by molar-refractivity contribution is 5.45. The lowest BCUT2D eigenvalue weighted by Gasteiger charge is -1.89. The predicted molar refractivity (Wildman–Crippen MR) is 93.1 cm³/mol. The number of nitrogens with one attached hydrogen (secondary N) is 1. The van der Waals surface area contributed by atoms with Crippen molar-refractivity contribution in [1.82, 2.24) is 5.32 Å². The van der Waals surface area contributed by atoms with Gasteiger partial charge in [0.2, 0.25) is 6.41 Å². The fraction of sp³-hybridized carbons (Fsp3) is 0.611. The molecule has 0 radical (unpaired) electrons. The van der Waals surface area contributed by atoms with E-state index in [4.69, 9.17) is 9.47 Å². The van der Waals surface area contributed by atoms with Gasteiger partial charge in [-0.2, -0.15) is 0 Å². The average molecular weight is 311 g/mol. The van der Waals surface area contributed by atoms with Crippen molar-refractivity contribution in [3.8, 4) is 0 Å². The molecule has 1 fully saturated rings. The van der Waals surface area contributed by atoms with Crippen LogP contribution in [0.2, 0.25) is 0 Å². The maximum absolute atomic E-state index is 9.57. The number of carbonyl (C=O) groups excluding carboxylic acids is 1. The molecular weight excluding hydrogens is 278 g/mol. The number of unbranched alkanes of at least 4 members (excludes halogenated alkanes) is 1. The molecule has 1 aromatic carbocycles. The molecule has 128 valence electrons. The summed E-state index contributed by atoms with van der Waals surface area (Å²) in [5.74, 6) is 0. The zero-order valence-corrected chi connectivity index (χ0v) is 14.8. The molecule has 1 saturated heterocycles. The Bertz CT molecular complexity index is 309. The van der Waals surface area contributed by atoms with Gasteiger partial charge in [0, 0.05) is 20.3 Å². The molecule has 0 aromatic heterocycles. The third kappa shape index (κ3) is 20.9. The van der Waals surface area contributed by atoms with Gasteiger partial charge >= 0.3 is 0 Å². The number of benzene rings is 1. The van der Waals surface area contributed by atoms with E-state index in [-0.39, 0.29) is 0 Å². The fourth-order valence-corrected chi connectivity index (χ4v) is 1.19. The quantitative estimate of drug-likeness (QED) is 0.496. The SMILES string of the molecule is CC.CCCCOC.Cc1ccccc1.O=CNCC1CO1. The molecule has 0 bridgehead atoms. The highest BCUT2D eigenvalue weighted by Gasteiger charge is 2.20. The normalized spacial score (nSPS) is 14.0.